The number of para-hydroxylation sites is 1. The molecule has 1 atom stereocenters. The van der Waals surface area contributed by atoms with Crippen LogP contribution in [0.3, 0.4) is 0 Å². The lowest BCUT2D eigenvalue weighted by Gasteiger charge is -2.21. The SMILES string of the molecule is Cc1c(Cl)cccc1-n1c(S[C@@H](C(=O)NC(N)=O)C(C)C)nc2ccccc2c1=O. The average molecular weight is 445 g/mol. The molecule has 9 heteroatoms. The van der Waals surface area contributed by atoms with Gasteiger partial charge in [-0.25, -0.2) is 9.78 Å². The summed E-state index contributed by atoms with van der Waals surface area (Å²) in [5.74, 6) is -0.703. The molecule has 30 heavy (non-hydrogen) atoms. The number of hydrogen-bond acceptors (Lipinski definition) is 5. The second kappa shape index (κ2) is 8.89. The van der Waals surface area contributed by atoms with E-state index in [9.17, 15) is 14.4 Å². The smallest absolute Gasteiger partial charge is 0.318 e. The van der Waals surface area contributed by atoms with Gasteiger partial charge in [0.1, 0.15) is 0 Å². The van der Waals surface area contributed by atoms with Gasteiger partial charge in [0.15, 0.2) is 5.16 Å². The van der Waals surface area contributed by atoms with Crippen molar-refractivity contribution in [1.82, 2.24) is 14.9 Å². The van der Waals surface area contributed by atoms with Gasteiger partial charge in [-0.2, -0.15) is 0 Å². The van der Waals surface area contributed by atoms with Crippen LogP contribution in [0.2, 0.25) is 5.02 Å². The number of urea groups is 1. The van der Waals surface area contributed by atoms with Gasteiger partial charge >= 0.3 is 6.03 Å². The van der Waals surface area contributed by atoms with Crippen molar-refractivity contribution in [3.63, 3.8) is 0 Å². The summed E-state index contributed by atoms with van der Waals surface area (Å²) >= 11 is 7.39. The van der Waals surface area contributed by atoms with Gasteiger partial charge in [0.05, 0.1) is 21.8 Å². The number of aromatic nitrogens is 2. The van der Waals surface area contributed by atoms with Gasteiger partial charge < -0.3 is 5.73 Å². The van der Waals surface area contributed by atoms with Crippen LogP contribution in [-0.2, 0) is 4.79 Å². The fourth-order valence-electron chi connectivity index (χ4n) is 3.04. The summed E-state index contributed by atoms with van der Waals surface area (Å²) in [5, 5.41) is 2.70. The van der Waals surface area contributed by atoms with Crippen molar-refractivity contribution in [3.8, 4) is 5.69 Å². The normalized spacial score (nSPS) is 12.2. The Balaban J connectivity index is 2.24. The second-order valence-electron chi connectivity index (χ2n) is 7.07. The summed E-state index contributed by atoms with van der Waals surface area (Å²) < 4.78 is 1.46. The number of amides is 3. The maximum Gasteiger partial charge on any atom is 0.318 e. The zero-order valence-corrected chi connectivity index (χ0v) is 18.3. The number of nitrogens with two attached hydrogens (primary N) is 1. The first-order valence-corrected chi connectivity index (χ1v) is 10.5. The number of thioether (sulfide) groups is 1. The van der Waals surface area contributed by atoms with Gasteiger partial charge in [-0.05, 0) is 42.7 Å². The molecule has 156 valence electrons. The van der Waals surface area contributed by atoms with Crippen molar-refractivity contribution in [3.05, 3.63) is 63.4 Å². The lowest BCUT2D eigenvalue weighted by Crippen LogP contribution is -2.42. The molecule has 0 spiro atoms. The van der Waals surface area contributed by atoms with Crippen molar-refractivity contribution >= 4 is 46.2 Å². The van der Waals surface area contributed by atoms with E-state index in [2.05, 4.69) is 10.3 Å². The van der Waals surface area contributed by atoms with E-state index in [0.29, 0.717) is 32.3 Å². The number of carbonyl (C=O) groups is 2. The lowest BCUT2D eigenvalue weighted by molar-refractivity contribution is -0.120. The number of nitrogens with zero attached hydrogens (tertiary/aromatic N) is 2. The van der Waals surface area contributed by atoms with Gasteiger partial charge in [0, 0.05) is 5.02 Å². The molecule has 0 aliphatic heterocycles. The van der Waals surface area contributed by atoms with Gasteiger partial charge in [-0.15, -0.1) is 0 Å². The second-order valence-corrected chi connectivity index (χ2v) is 8.59. The van der Waals surface area contributed by atoms with Gasteiger partial charge in [-0.1, -0.05) is 55.4 Å². The quantitative estimate of drug-likeness (QED) is 0.461. The predicted molar refractivity (Wildman–Crippen MR) is 119 cm³/mol. The number of carbonyl (C=O) groups excluding carboxylic acids is 2. The van der Waals surface area contributed by atoms with Crippen LogP contribution in [0.25, 0.3) is 16.6 Å². The highest BCUT2D eigenvalue weighted by Crippen LogP contribution is 2.31. The van der Waals surface area contributed by atoms with E-state index in [1.807, 2.05) is 20.8 Å². The third-order valence-corrected chi connectivity index (χ3v) is 6.47. The van der Waals surface area contributed by atoms with Crippen LogP contribution in [0.1, 0.15) is 19.4 Å². The Labute approximate surface area is 182 Å². The first-order valence-electron chi connectivity index (χ1n) is 9.25. The maximum atomic E-state index is 13.4. The molecule has 2 aromatic carbocycles. The van der Waals surface area contributed by atoms with Gasteiger partial charge in [0.2, 0.25) is 5.91 Å². The molecule has 0 saturated carbocycles. The number of fused-ring (bicyclic) bond motifs is 1. The molecule has 3 N–H and O–H groups in total. The molecular formula is C21H21ClN4O3S. The van der Waals surface area contributed by atoms with Crippen molar-refractivity contribution in [2.45, 2.75) is 31.2 Å². The van der Waals surface area contributed by atoms with Crippen molar-refractivity contribution < 1.29 is 9.59 Å². The maximum absolute atomic E-state index is 13.4. The predicted octanol–water partition coefficient (Wildman–Crippen LogP) is 3.66. The zero-order valence-electron chi connectivity index (χ0n) is 16.7. The van der Waals surface area contributed by atoms with Gasteiger partial charge in [-0.3, -0.25) is 19.5 Å². The number of halogens is 1. The van der Waals surface area contributed by atoms with Crippen molar-refractivity contribution in [2.24, 2.45) is 11.7 Å². The lowest BCUT2D eigenvalue weighted by atomic mass is 10.1. The number of imide groups is 1. The van der Waals surface area contributed by atoms with Crippen LogP contribution < -0.4 is 16.6 Å². The number of rotatable bonds is 5. The molecule has 1 aromatic heterocycles. The topological polar surface area (TPSA) is 107 Å². The van der Waals surface area contributed by atoms with Crippen molar-refractivity contribution in [2.75, 3.05) is 0 Å². The average Bonchev–Trinajstić information content (AvgIpc) is 2.68. The van der Waals surface area contributed by atoms with Crippen LogP contribution in [0.5, 0.6) is 0 Å². The van der Waals surface area contributed by atoms with Crippen LogP contribution in [-0.4, -0.2) is 26.7 Å². The molecule has 7 nitrogen and oxygen atoms in total. The highest BCUT2D eigenvalue weighted by molar-refractivity contribution is 8.00. The third-order valence-electron chi connectivity index (χ3n) is 4.57. The minimum atomic E-state index is -0.930. The minimum Gasteiger partial charge on any atom is -0.351 e. The molecule has 1 heterocycles. The van der Waals surface area contributed by atoms with E-state index in [1.54, 1.807) is 42.5 Å². The van der Waals surface area contributed by atoms with E-state index in [-0.39, 0.29) is 11.5 Å². The third kappa shape index (κ3) is 4.34. The summed E-state index contributed by atoms with van der Waals surface area (Å²) in [5.41, 5.74) is 6.64. The minimum absolute atomic E-state index is 0.161. The van der Waals surface area contributed by atoms with Crippen LogP contribution in [0.15, 0.2) is 52.4 Å². The summed E-state index contributed by atoms with van der Waals surface area (Å²) in [7, 11) is 0. The summed E-state index contributed by atoms with van der Waals surface area (Å²) in [4.78, 5) is 41.8. The standard InChI is InChI=1S/C21H21ClN4O3S/c1-11(2)17(18(27)25-20(23)29)30-21-24-15-9-5-4-7-13(15)19(28)26(21)16-10-6-8-14(22)12(16)3/h4-11,17H,1-3H3,(H3,23,25,27,29)/t17-/m1/s1. The van der Waals surface area contributed by atoms with Gasteiger partial charge in [0.25, 0.3) is 5.56 Å². The first-order chi connectivity index (χ1) is 14.2. The molecule has 0 fully saturated rings. The van der Waals surface area contributed by atoms with Crippen LogP contribution in [0.4, 0.5) is 4.79 Å². The first kappa shape index (κ1) is 21.9. The monoisotopic (exact) mass is 444 g/mol. The van der Waals surface area contributed by atoms with Crippen LogP contribution in [0, 0.1) is 12.8 Å². The Hall–Kier alpha value is -2.84. The number of benzene rings is 2. The Bertz CT molecular complexity index is 1190. The molecule has 0 radical (unpaired) electrons. The molecule has 0 aliphatic carbocycles. The van der Waals surface area contributed by atoms with E-state index in [4.69, 9.17) is 17.3 Å². The van der Waals surface area contributed by atoms with Crippen LogP contribution >= 0.6 is 23.4 Å². The number of hydrogen-bond donors (Lipinski definition) is 2. The highest BCUT2D eigenvalue weighted by atomic mass is 35.5. The van der Waals surface area contributed by atoms with E-state index >= 15 is 0 Å². The molecular weight excluding hydrogens is 424 g/mol. The van der Waals surface area contributed by atoms with E-state index in [1.165, 1.54) is 4.57 Å². The Morgan fingerprint density at radius 1 is 1.17 bits per heavy atom. The Morgan fingerprint density at radius 3 is 2.53 bits per heavy atom. The molecule has 0 aliphatic rings. The Kier molecular flexibility index (Phi) is 6.48. The largest absolute Gasteiger partial charge is 0.351 e. The molecule has 0 bridgehead atoms. The fourth-order valence-corrected chi connectivity index (χ4v) is 4.31. The molecule has 3 amide bonds. The summed E-state index contributed by atoms with van der Waals surface area (Å²) in [6.45, 7) is 5.49. The molecule has 3 aromatic rings. The number of nitrogens with one attached hydrogen (secondary N) is 1. The fraction of sp³-hybridized carbons (Fsp3) is 0.238. The summed E-state index contributed by atoms with van der Waals surface area (Å²) in [6, 6.07) is 11.3. The van der Waals surface area contributed by atoms with E-state index in [0.717, 1.165) is 11.8 Å². The summed E-state index contributed by atoms with van der Waals surface area (Å²) in [6.07, 6.45) is 0. The highest BCUT2D eigenvalue weighted by Gasteiger charge is 2.28. The molecule has 0 saturated heterocycles. The zero-order chi connectivity index (χ0) is 22.0. The molecule has 3 rings (SSSR count). The number of primary amides is 1. The Morgan fingerprint density at radius 2 is 1.87 bits per heavy atom. The van der Waals surface area contributed by atoms with E-state index < -0.39 is 17.2 Å². The van der Waals surface area contributed by atoms with Crippen molar-refractivity contribution in [1.29, 1.82) is 0 Å². The molecule has 0 unspecified atom stereocenters.